The second-order valence-corrected chi connectivity index (χ2v) is 19.3. The van der Waals surface area contributed by atoms with E-state index in [1.165, 1.54) is 60.9 Å². The van der Waals surface area contributed by atoms with Crippen LogP contribution in [0.25, 0.3) is 83.0 Å². The third-order valence-electron chi connectivity index (χ3n) is 15.1. The normalized spacial score (nSPS) is 17.4. The zero-order chi connectivity index (χ0) is 47.7. The molecule has 2 aliphatic heterocycles. The van der Waals surface area contributed by atoms with E-state index in [1.807, 2.05) is 12.1 Å². The molecule has 0 saturated carbocycles. The van der Waals surface area contributed by atoms with E-state index in [0.29, 0.717) is 12.3 Å². The highest BCUT2D eigenvalue weighted by atomic mass is 16.5. The van der Waals surface area contributed by atoms with E-state index in [0.717, 1.165) is 86.2 Å². The summed E-state index contributed by atoms with van der Waals surface area (Å²) in [5.74, 6) is 1.59. The lowest BCUT2D eigenvalue weighted by atomic mass is 9.83. The van der Waals surface area contributed by atoms with Crippen LogP contribution in [0, 0.1) is 0 Å². The van der Waals surface area contributed by atoms with Gasteiger partial charge in [-0.05, 0) is 95.1 Å². The number of furan rings is 1. The number of hydrogen-bond donors (Lipinski definition) is 0. The van der Waals surface area contributed by atoms with Gasteiger partial charge in [-0.3, -0.25) is 0 Å². The van der Waals surface area contributed by atoms with Crippen LogP contribution in [0.3, 0.4) is 0 Å². The summed E-state index contributed by atoms with van der Waals surface area (Å²) in [5.41, 5.74) is 20.1. The molecule has 344 valence electrons. The number of nitrogens with zero attached hydrogens (tertiary/aromatic N) is 3. The fraction of sp³-hybridized carbons (Fsp3) is 0.104. The number of amidine groups is 1. The Morgan fingerprint density at radius 3 is 2.18 bits per heavy atom. The molecule has 5 nitrogen and oxygen atoms in total. The van der Waals surface area contributed by atoms with Gasteiger partial charge in [-0.1, -0.05) is 183 Å². The van der Waals surface area contributed by atoms with Crippen molar-refractivity contribution in [3.05, 3.63) is 252 Å². The maximum Gasteiger partial charge on any atom is 0.160 e. The second kappa shape index (κ2) is 17.3. The Morgan fingerprint density at radius 2 is 1.35 bits per heavy atom. The fourth-order valence-electron chi connectivity index (χ4n) is 11.6. The van der Waals surface area contributed by atoms with Crippen molar-refractivity contribution in [2.45, 2.75) is 44.6 Å². The summed E-state index contributed by atoms with van der Waals surface area (Å²) in [6, 6.07) is 65.1. The average Bonchev–Trinajstić information content (AvgIpc) is 4.08. The van der Waals surface area contributed by atoms with Gasteiger partial charge in [0.25, 0.3) is 0 Å². The number of aliphatic imine (C=N–C) groups is 2. The number of aromatic nitrogens is 1. The van der Waals surface area contributed by atoms with Crippen LogP contribution < -0.4 is 4.74 Å². The zero-order valence-electron chi connectivity index (χ0n) is 39.9. The lowest BCUT2D eigenvalue weighted by Crippen LogP contribution is -2.18. The molecule has 10 aromatic rings. The molecule has 0 radical (unpaired) electrons. The molecule has 2 unspecified atom stereocenters. The van der Waals surface area contributed by atoms with Crippen LogP contribution in [0.5, 0.6) is 5.75 Å². The largest absolute Gasteiger partial charge is 0.485 e. The van der Waals surface area contributed by atoms with Gasteiger partial charge in [0.05, 0.1) is 22.4 Å². The molecule has 4 aliphatic rings. The average molecular weight is 928 g/mol. The van der Waals surface area contributed by atoms with Crippen molar-refractivity contribution in [2.75, 3.05) is 0 Å². The number of ether oxygens (including phenoxy) is 1. The molecule has 5 heteroatoms. The Hall–Kier alpha value is -8.80. The first-order chi connectivity index (χ1) is 35.6. The van der Waals surface area contributed by atoms with Crippen molar-refractivity contribution in [2.24, 2.45) is 9.98 Å². The van der Waals surface area contributed by atoms with Crippen LogP contribution in [0.4, 0.5) is 0 Å². The summed E-state index contributed by atoms with van der Waals surface area (Å²) >= 11 is 0. The van der Waals surface area contributed by atoms with Gasteiger partial charge in [0.15, 0.2) is 5.84 Å². The van der Waals surface area contributed by atoms with Crippen molar-refractivity contribution in [1.29, 1.82) is 0 Å². The second-order valence-electron chi connectivity index (χ2n) is 19.3. The van der Waals surface area contributed by atoms with Crippen LogP contribution in [0.2, 0.25) is 0 Å². The third-order valence-corrected chi connectivity index (χ3v) is 15.1. The minimum absolute atomic E-state index is 0.00777. The van der Waals surface area contributed by atoms with Crippen LogP contribution in [-0.4, -0.2) is 22.2 Å². The van der Waals surface area contributed by atoms with Crippen molar-refractivity contribution in [3.63, 3.8) is 0 Å². The molecule has 8 aromatic carbocycles. The summed E-state index contributed by atoms with van der Waals surface area (Å²) in [4.78, 5) is 11.1. The summed E-state index contributed by atoms with van der Waals surface area (Å²) in [7, 11) is 0. The highest BCUT2D eigenvalue weighted by Crippen LogP contribution is 2.47. The molecule has 72 heavy (non-hydrogen) atoms. The molecule has 0 fully saturated rings. The predicted molar refractivity (Wildman–Crippen MR) is 299 cm³/mol. The smallest absolute Gasteiger partial charge is 0.160 e. The number of allylic oxidation sites excluding steroid dienone is 7. The maximum atomic E-state index is 6.82. The molecule has 2 aliphatic carbocycles. The first-order valence-corrected chi connectivity index (χ1v) is 25.3. The first-order valence-electron chi connectivity index (χ1n) is 25.3. The molecule has 14 rings (SSSR count). The van der Waals surface area contributed by atoms with E-state index in [9.17, 15) is 0 Å². The Morgan fingerprint density at radius 1 is 0.597 bits per heavy atom. The molecule has 0 N–H and O–H groups in total. The van der Waals surface area contributed by atoms with Crippen LogP contribution in [-0.2, 0) is 0 Å². The van der Waals surface area contributed by atoms with Crippen molar-refractivity contribution in [3.8, 4) is 28.0 Å². The van der Waals surface area contributed by atoms with Gasteiger partial charge in [-0.2, -0.15) is 0 Å². The highest BCUT2D eigenvalue weighted by molar-refractivity contribution is 6.17. The zero-order valence-corrected chi connectivity index (χ0v) is 39.9. The monoisotopic (exact) mass is 927 g/mol. The van der Waals surface area contributed by atoms with Crippen molar-refractivity contribution < 1.29 is 9.15 Å². The summed E-state index contributed by atoms with van der Waals surface area (Å²) in [6.45, 7) is 2.24. The Kier molecular flexibility index (Phi) is 10.1. The van der Waals surface area contributed by atoms with Gasteiger partial charge >= 0.3 is 0 Å². The van der Waals surface area contributed by atoms with E-state index < -0.39 is 0 Å². The topological polar surface area (TPSA) is 52.0 Å². The number of para-hydroxylation sites is 2. The van der Waals surface area contributed by atoms with Crippen LogP contribution in [0.15, 0.2) is 238 Å². The molecule has 0 amide bonds. The summed E-state index contributed by atoms with van der Waals surface area (Å²) < 4.78 is 15.8. The van der Waals surface area contributed by atoms with E-state index in [4.69, 9.17) is 19.1 Å². The summed E-state index contributed by atoms with van der Waals surface area (Å²) in [5, 5.41) is 4.76. The van der Waals surface area contributed by atoms with Gasteiger partial charge < -0.3 is 13.7 Å². The van der Waals surface area contributed by atoms with Crippen molar-refractivity contribution in [1.82, 2.24) is 4.57 Å². The molecule has 0 saturated heterocycles. The van der Waals surface area contributed by atoms with Crippen LogP contribution >= 0.6 is 0 Å². The maximum absolute atomic E-state index is 6.82. The van der Waals surface area contributed by atoms with Gasteiger partial charge in [0.1, 0.15) is 23.0 Å². The molecule has 2 aromatic heterocycles. The van der Waals surface area contributed by atoms with Gasteiger partial charge in [-0.15, -0.1) is 0 Å². The Balaban J connectivity index is 0.866. The van der Waals surface area contributed by atoms with Crippen molar-refractivity contribution >= 4 is 72.3 Å². The number of benzene rings is 8. The van der Waals surface area contributed by atoms with Gasteiger partial charge in [-0.25, -0.2) is 9.98 Å². The third kappa shape index (κ3) is 7.06. The predicted octanol–water partition coefficient (Wildman–Crippen LogP) is 17.2. The quantitative estimate of drug-likeness (QED) is 0.152. The Bertz CT molecular complexity index is 4060. The molecule has 0 bridgehead atoms. The molecule has 0 spiro atoms. The van der Waals surface area contributed by atoms with Crippen LogP contribution in [0.1, 0.15) is 66.3 Å². The fourth-order valence-corrected chi connectivity index (χ4v) is 11.6. The lowest BCUT2D eigenvalue weighted by molar-refractivity contribution is 0.269. The highest BCUT2D eigenvalue weighted by Gasteiger charge is 2.37. The van der Waals surface area contributed by atoms with Gasteiger partial charge in [0.2, 0.25) is 0 Å². The van der Waals surface area contributed by atoms with Gasteiger partial charge in [0, 0.05) is 67.4 Å². The SMILES string of the molecule is CCC1=C(c2ccccc2)N=C(c2ccc(-c3cccc4c3oc3ccccc34)cc2)N=C(c2cccc3c2C2C=C(c4ccc5c6cc(-c7ccccc7)ccc6n(C6=CC=CCC6)c5c4)C=CC2O3)C1. The number of fused-ring (bicyclic) bond motifs is 9. The van der Waals surface area contributed by atoms with E-state index in [1.54, 1.807) is 0 Å². The number of rotatable bonds is 8. The minimum Gasteiger partial charge on any atom is -0.485 e. The van der Waals surface area contributed by atoms with E-state index in [2.05, 4.69) is 218 Å². The van der Waals surface area contributed by atoms with E-state index in [-0.39, 0.29) is 12.0 Å². The molecule has 4 heterocycles. The first kappa shape index (κ1) is 42.1. The van der Waals surface area contributed by atoms with E-state index >= 15 is 0 Å². The number of hydrogen-bond acceptors (Lipinski definition) is 4. The molecular weight excluding hydrogens is 879 g/mol. The Labute approximate surface area is 418 Å². The lowest BCUT2D eigenvalue weighted by Gasteiger charge is -2.21. The standard InChI is InChI=1S/C67H49N3O2/c1-2-42-40-58(68-67(69-65(42)45-18-8-4-9-19-45)46-30-28-44(29-31-46)51-23-14-24-54-53-22-12-13-26-61(53)72-66(51)54)55-25-15-27-63-64(55)57-39-48(34-37-62(57)71-63)49-32-35-52-56-38-47(43-16-6-3-7-17-43)33-36-59(56)70(60(52)41-49)50-20-10-5-11-21-50/h3-10,12-20,22-39,41,57,62H,2,11,21,40H2,1H3. The molecule has 2 atom stereocenters. The minimum atomic E-state index is -0.125. The molecular formula is C67H49N3O2. The summed E-state index contributed by atoms with van der Waals surface area (Å²) in [6.07, 6.45) is 17.1.